The number of aliphatic carboxylic acids is 1. The number of hydrogen-bond acceptors (Lipinski definition) is 6. The fourth-order valence-electron chi connectivity index (χ4n) is 3.78. The van der Waals surface area contributed by atoms with Crippen LogP contribution in [0.3, 0.4) is 0 Å². The zero-order valence-electron chi connectivity index (χ0n) is 17.6. The highest BCUT2D eigenvalue weighted by Gasteiger charge is 2.31. The van der Waals surface area contributed by atoms with Gasteiger partial charge in [-0.15, -0.1) is 0 Å². The van der Waals surface area contributed by atoms with E-state index in [2.05, 4.69) is 21.4 Å². The van der Waals surface area contributed by atoms with Crippen molar-refractivity contribution < 1.29 is 14.7 Å². The smallest absolute Gasteiger partial charge is 0.323 e. The molecule has 32 heavy (non-hydrogen) atoms. The highest BCUT2D eigenvalue weighted by atomic mass is 32.1. The Hall–Kier alpha value is -3.77. The van der Waals surface area contributed by atoms with Crippen molar-refractivity contribution in [1.29, 1.82) is 5.26 Å². The third kappa shape index (κ3) is 4.45. The number of urea groups is 1. The van der Waals surface area contributed by atoms with Crippen molar-refractivity contribution in [2.24, 2.45) is 5.92 Å². The van der Waals surface area contributed by atoms with E-state index in [9.17, 15) is 20.0 Å². The molecular formula is C23H21N5O3S. The number of anilines is 1. The van der Waals surface area contributed by atoms with E-state index in [4.69, 9.17) is 0 Å². The first-order chi connectivity index (χ1) is 15.3. The molecule has 8 nitrogen and oxygen atoms in total. The predicted molar refractivity (Wildman–Crippen MR) is 121 cm³/mol. The molecule has 1 aromatic carbocycles. The van der Waals surface area contributed by atoms with Crippen LogP contribution in [0, 0.1) is 31.1 Å². The van der Waals surface area contributed by atoms with Gasteiger partial charge < -0.3 is 10.0 Å². The van der Waals surface area contributed by atoms with Crippen molar-refractivity contribution in [3.8, 4) is 27.8 Å². The van der Waals surface area contributed by atoms with Crippen LogP contribution >= 0.6 is 11.3 Å². The summed E-state index contributed by atoms with van der Waals surface area (Å²) in [5, 5.41) is 21.7. The minimum absolute atomic E-state index is 0.180. The lowest BCUT2D eigenvalue weighted by Crippen LogP contribution is -2.33. The van der Waals surface area contributed by atoms with Crippen molar-refractivity contribution >= 4 is 28.5 Å². The van der Waals surface area contributed by atoms with Crippen LogP contribution in [0.1, 0.15) is 23.4 Å². The number of thiazole rings is 1. The third-order valence-electron chi connectivity index (χ3n) is 5.27. The fourth-order valence-corrected chi connectivity index (χ4v) is 4.75. The summed E-state index contributed by atoms with van der Waals surface area (Å²) >= 11 is 1.34. The van der Waals surface area contributed by atoms with Crippen molar-refractivity contribution in [2.45, 2.75) is 20.3 Å². The number of likely N-dealkylation sites (tertiary alicyclic amines) is 1. The average molecular weight is 448 g/mol. The summed E-state index contributed by atoms with van der Waals surface area (Å²) in [7, 11) is 0. The Bertz CT molecular complexity index is 1230. The summed E-state index contributed by atoms with van der Waals surface area (Å²) in [5.74, 6) is -1.43. The van der Waals surface area contributed by atoms with E-state index < -0.39 is 11.9 Å². The van der Waals surface area contributed by atoms with Crippen LogP contribution in [0.2, 0.25) is 0 Å². The van der Waals surface area contributed by atoms with E-state index >= 15 is 0 Å². The molecule has 0 aliphatic carbocycles. The Morgan fingerprint density at radius 2 is 1.94 bits per heavy atom. The molecule has 0 bridgehead atoms. The number of carboxylic acids is 1. The Labute approximate surface area is 189 Å². The molecule has 1 fully saturated rings. The zero-order valence-corrected chi connectivity index (χ0v) is 18.4. The molecule has 1 saturated heterocycles. The number of rotatable bonds is 4. The molecule has 0 unspecified atom stereocenters. The molecule has 2 amide bonds. The monoisotopic (exact) mass is 447 g/mol. The molecule has 1 aliphatic heterocycles. The Balaban J connectivity index is 1.70. The first-order valence-corrected chi connectivity index (χ1v) is 10.9. The minimum atomic E-state index is -0.889. The average Bonchev–Trinajstić information content (AvgIpc) is 3.41. The summed E-state index contributed by atoms with van der Waals surface area (Å²) in [6.45, 7) is 4.41. The third-order valence-corrected chi connectivity index (χ3v) is 6.29. The SMILES string of the molecule is Cc1cc(-c2sc(NC(=O)N3CC[C@H](C(=O)O)C3)nc2-c2cccc(C#N)c2)cc(C)n1. The Morgan fingerprint density at radius 1 is 1.19 bits per heavy atom. The number of benzene rings is 1. The van der Waals surface area contributed by atoms with E-state index in [1.807, 2.05) is 32.0 Å². The second-order valence-electron chi connectivity index (χ2n) is 7.73. The van der Waals surface area contributed by atoms with Gasteiger partial charge in [0.2, 0.25) is 0 Å². The van der Waals surface area contributed by atoms with Crippen LogP contribution in [-0.4, -0.2) is 45.1 Å². The number of nitriles is 1. The van der Waals surface area contributed by atoms with Gasteiger partial charge in [-0.25, -0.2) is 9.78 Å². The van der Waals surface area contributed by atoms with Crippen LogP contribution < -0.4 is 5.32 Å². The number of amides is 2. The molecule has 3 heterocycles. The van der Waals surface area contributed by atoms with Crippen LogP contribution in [-0.2, 0) is 4.79 Å². The molecule has 1 aliphatic rings. The lowest BCUT2D eigenvalue weighted by Gasteiger charge is -2.15. The molecule has 4 rings (SSSR count). The van der Waals surface area contributed by atoms with Crippen molar-refractivity contribution in [3.05, 3.63) is 53.3 Å². The van der Waals surface area contributed by atoms with E-state index in [1.165, 1.54) is 16.2 Å². The lowest BCUT2D eigenvalue weighted by atomic mass is 10.0. The van der Waals surface area contributed by atoms with Crippen molar-refractivity contribution in [2.75, 3.05) is 18.4 Å². The molecule has 0 spiro atoms. The van der Waals surface area contributed by atoms with Crippen LogP contribution in [0.5, 0.6) is 0 Å². The largest absolute Gasteiger partial charge is 0.481 e. The van der Waals surface area contributed by atoms with Gasteiger partial charge in [0.05, 0.1) is 28.1 Å². The summed E-state index contributed by atoms with van der Waals surface area (Å²) in [5.41, 5.74) is 4.62. The molecule has 3 aromatic rings. The molecule has 162 valence electrons. The maximum atomic E-state index is 12.7. The number of aryl methyl sites for hydroxylation is 2. The van der Waals surface area contributed by atoms with E-state index in [0.29, 0.717) is 29.4 Å². The second kappa shape index (κ2) is 8.77. The van der Waals surface area contributed by atoms with Gasteiger partial charge in [0, 0.05) is 30.0 Å². The topological polar surface area (TPSA) is 119 Å². The summed E-state index contributed by atoms with van der Waals surface area (Å²) < 4.78 is 0. The first kappa shape index (κ1) is 21.5. The summed E-state index contributed by atoms with van der Waals surface area (Å²) in [4.78, 5) is 35.4. The number of pyridine rings is 1. The van der Waals surface area contributed by atoms with Crippen LogP contribution in [0.25, 0.3) is 21.7 Å². The van der Waals surface area contributed by atoms with Crippen molar-refractivity contribution in [3.63, 3.8) is 0 Å². The predicted octanol–water partition coefficient (Wildman–Crippen LogP) is 4.30. The quantitative estimate of drug-likeness (QED) is 0.615. The maximum Gasteiger partial charge on any atom is 0.323 e. The van der Waals surface area contributed by atoms with Gasteiger partial charge in [-0.3, -0.25) is 15.1 Å². The second-order valence-corrected chi connectivity index (χ2v) is 8.73. The number of carbonyl (C=O) groups excluding carboxylic acids is 1. The molecule has 0 saturated carbocycles. The molecule has 9 heteroatoms. The van der Waals surface area contributed by atoms with Crippen molar-refractivity contribution in [1.82, 2.24) is 14.9 Å². The van der Waals surface area contributed by atoms with E-state index in [-0.39, 0.29) is 12.6 Å². The zero-order chi connectivity index (χ0) is 22.8. The fraction of sp³-hybridized carbons (Fsp3) is 0.261. The Morgan fingerprint density at radius 3 is 2.59 bits per heavy atom. The van der Waals surface area contributed by atoms with Gasteiger partial charge >= 0.3 is 12.0 Å². The molecule has 2 N–H and O–H groups in total. The number of carbonyl (C=O) groups is 2. The highest BCUT2D eigenvalue weighted by molar-refractivity contribution is 7.19. The summed E-state index contributed by atoms with van der Waals surface area (Å²) in [6.07, 6.45) is 0.438. The first-order valence-electron chi connectivity index (χ1n) is 10.1. The van der Waals surface area contributed by atoms with Gasteiger partial charge in [0.1, 0.15) is 0 Å². The van der Waals surface area contributed by atoms with Crippen LogP contribution in [0.4, 0.5) is 9.93 Å². The molecular weight excluding hydrogens is 426 g/mol. The van der Waals surface area contributed by atoms with E-state index in [1.54, 1.807) is 18.2 Å². The number of carboxylic acid groups (broad SMARTS) is 1. The van der Waals surface area contributed by atoms with Gasteiger partial charge in [0.25, 0.3) is 0 Å². The maximum absolute atomic E-state index is 12.7. The lowest BCUT2D eigenvalue weighted by molar-refractivity contribution is -0.141. The molecule has 0 radical (unpaired) electrons. The van der Waals surface area contributed by atoms with Gasteiger partial charge in [0.15, 0.2) is 5.13 Å². The summed E-state index contributed by atoms with van der Waals surface area (Å²) in [6, 6.07) is 12.9. The van der Waals surface area contributed by atoms with E-state index in [0.717, 1.165) is 27.4 Å². The van der Waals surface area contributed by atoms with Gasteiger partial charge in [-0.05, 0) is 50.1 Å². The number of nitrogens with zero attached hydrogens (tertiary/aromatic N) is 4. The van der Waals surface area contributed by atoms with Crippen LogP contribution in [0.15, 0.2) is 36.4 Å². The van der Waals surface area contributed by atoms with Gasteiger partial charge in [-0.1, -0.05) is 23.5 Å². The normalized spacial score (nSPS) is 15.4. The standard InChI is InChI=1S/C23H21N5O3S/c1-13-8-18(9-14(2)25-13)20-19(16-5-3-4-15(10-16)11-24)26-22(32-20)27-23(31)28-7-6-17(12-28)21(29)30/h3-5,8-10,17H,6-7,12H2,1-2H3,(H,29,30)(H,26,27,31)/t17-/m0/s1. The number of aromatic nitrogens is 2. The minimum Gasteiger partial charge on any atom is -0.481 e. The highest BCUT2D eigenvalue weighted by Crippen LogP contribution is 2.39. The number of hydrogen-bond donors (Lipinski definition) is 2. The van der Waals surface area contributed by atoms with Gasteiger partial charge in [-0.2, -0.15) is 5.26 Å². The Kier molecular flexibility index (Phi) is 5.88. The molecule has 2 aromatic heterocycles. The number of nitrogens with one attached hydrogen (secondary N) is 1. The molecule has 1 atom stereocenters.